The average molecular weight is 230 g/mol. The third-order valence-electron chi connectivity index (χ3n) is 0.789. The molecule has 0 saturated heterocycles. The van der Waals surface area contributed by atoms with E-state index in [1.807, 2.05) is 0 Å². The van der Waals surface area contributed by atoms with E-state index < -0.39 is 27.2 Å². The zero-order valence-corrected chi connectivity index (χ0v) is 7.02. The Balaban J connectivity index is 0. The Kier molecular flexibility index (Phi) is 6.84. The minimum absolute atomic E-state index is 0. The van der Waals surface area contributed by atoms with E-state index in [2.05, 4.69) is 0 Å². The molecule has 0 aliphatic heterocycles. The Morgan fingerprint density at radius 1 is 1.08 bits per heavy atom. The van der Waals surface area contributed by atoms with Gasteiger partial charge in [0.15, 0.2) is 5.85 Å². The second-order valence-corrected chi connectivity index (χ2v) is 5.39. The van der Waals surface area contributed by atoms with Crippen LogP contribution in [-0.4, -0.2) is 66.2 Å². The first kappa shape index (κ1) is 15.7. The van der Waals surface area contributed by atoms with Gasteiger partial charge in [0, 0.05) is 0 Å². The fourth-order valence-electron chi connectivity index (χ4n) is 0.319. The van der Waals surface area contributed by atoms with Crippen molar-refractivity contribution < 1.29 is 33.8 Å². The summed E-state index contributed by atoms with van der Waals surface area (Å²) < 4.78 is 20.2. The van der Waals surface area contributed by atoms with Gasteiger partial charge in [-0.2, -0.15) is 0 Å². The molecule has 1 atom stereocenters. The van der Waals surface area contributed by atoms with Crippen LogP contribution in [-0.2, 0) is 9.13 Å². The fourth-order valence-corrected chi connectivity index (χ4v) is 2.23. The minimum atomic E-state index is -4.79. The molecule has 7 nitrogen and oxygen atoms in total. The van der Waals surface area contributed by atoms with E-state index in [1.54, 1.807) is 0 Å². The molecule has 0 aromatic carbocycles. The van der Waals surface area contributed by atoms with Gasteiger partial charge in [0.1, 0.15) is 0 Å². The summed E-state index contributed by atoms with van der Waals surface area (Å²) in [6.45, 7) is 0. The molecule has 0 spiro atoms. The van der Waals surface area contributed by atoms with Crippen LogP contribution in [0.2, 0.25) is 0 Å². The van der Waals surface area contributed by atoms with Crippen LogP contribution in [0.5, 0.6) is 0 Å². The number of hydrogen-bond donors (Lipinski definition) is 5. The molecule has 0 saturated carbocycles. The monoisotopic (exact) mass is 230 g/mol. The first-order valence-corrected chi connectivity index (χ1v) is 5.89. The molecule has 70 valence electrons. The van der Waals surface area contributed by atoms with E-state index in [1.165, 1.54) is 0 Å². The van der Waals surface area contributed by atoms with Crippen molar-refractivity contribution in [3.8, 4) is 0 Å². The predicted molar refractivity (Wildman–Crippen MR) is 42.1 cm³/mol. The molecule has 0 aromatic heterocycles. The van der Waals surface area contributed by atoms with Crippen LogP contribution in [0.25, 0.3) is 0 Å². The van der Waals surface area contributed by atoms with Crippen LogP contribution >= 0.6 is 15.2 Å². The summed E-state index contributed by atoms with van der Waals surface area (Å²) in [6, 6.07) is 0. The first-order valence-electron chi connectivity index (χ1n) is 2.41. The van der Waals surface area contributed by atoms with Gasteiger partial charge >= 0.3 is 44.7 Å². The zero-order chi connectivity index (χ0) is 9.28. The van der Waals surface area contributed by atoms with Gasteiger partial charge in [0.05, 0.1) is 6.16 Å². The van der Waals surface area contributed by atoms with Crippen LogP contribution in [0.4, 0.5) is 0 Å². The summed E-state index contributed by atoms with van der Waals surface area (Å²) in [5, 5.41) is 8.47. The van der Waals surface area contributed by atoms with Gasteiger partial charge in [-0.25, -0.2) is 0 Å². The van der Waals surface area contributed by atoms with Crippen molar-refractivity contribution in [3.05, 3.63) is 0 Å². The van der Waals surface area contributed by atoms with E-state index in [0.717, 1.165) is 0 Å². The summed E-state index contributed by atoms with van der Waals surface area (Å²) in [5.74, 6) is -2.29. The Morgan fingerprint density at radius 3 is 1.50 bits per heavy atom. The standard InChI is InChI=1S/C2H8O7P2.Na.H/c3-2(11(7,8)9)1-10(4,5)6;;/h2-3H,1H2,(H2,4,5,6)(H2,7,8,9);;. The molecule has 0 amide bonds. The predicted octanol–water partition coefficient (Wildman–Crippen LogP) is -1.99. The summed E-state index contributed by atoms with van der Waals surface area (Å²) in [5.41, 5.74) is 0. The Hall–Kier alpha value is 1.26. The van der Waals surface area contributed by atoms with Crippen molar-refractivity contribution in [3.63, 3.8) is 0 Å². The summed E-state index contributed by atoms with van der Waals surface area (Å²) in [7, 11) is -9.35. The average Bonchev–Trinajstić information content (AvgIpc) is 1.56. The Morgan fingerprint density at radius 2 is 1.42 bits per heavy atom. The molecular weight excluding hydrogens is 221 g/mol. The van der Waals surface area contributed by atoms with Gasteiger partial charge in [-0.15, -0.1) is 0 Å². The van der Waals surface area contributed by atoms with Gasteiger partial charge in [-0.3, -0.25) is 9.13 Å². The van der Waals surface area contributed by atoms with Gasteiger partial charge in [0.2, 0.25) is 0 Å². The van der Waals surface area contributed by atoms with Crippen molar-refractivity contribution in [1.82, 2.24) is 0 Å². The van der Waals surface area contributed by atoms with Crippen molar-refractivity contribution in [1.29, 1.82) is 0 Å². The number of hydrogen-bond acceptors (Lipinski definition) is 3. The van der Waals surface area contributed by atoms with E-state index in [-0.39, 0.29) is 29.6 Å². The van der Waals surface area contributed by atoms with Gasteiger partial charge < -0.3 is 24.7 Å². The Labute approximate surface area is 90.4 Å². The molecule has 0 aliphatic rings. The molecule has 0 bridgehead atoms. The molecule has 0 aliphatic carbocycles. The molecule has 12 heavy (non-hydrogen) atoms. The van der Waals surface area contributed by atoms with E-state index in [9.17, 15) is 9.13 Å². The second-order valence-electron chi connectivity index (χ2n) is 1.92. The van der Waals surface area contributed by atoms with E-state index in [4.69, 9.17) is 24.7 Å². The maximum absolute atomic E-state index is 10.1. The number of rotatable bonds is 3. The Bertz CT molecular complexity index is 215. The summed E-state index contributed by atoms with van der Waals surface area (Å²) in [6.07, 6.45) is -1.22. The van der Waals surface area contributed by atoms with Crippen LogP contribution in [0.3, 0.4) is 0 Å². The quantitative estimate of drug-likeness (QED) is 0.279. The number of aliphatic hydroxyl groups is 1. The van der Waals surface area contributed by atoms with Crippen molar-refractivity contribution >= 4 is 44.7 Å². The molecule has 5 N–H and O–H groups in total. The van der Waals surface area contributed by atoms with Crippen molar-refractivity contribution in [2.45, 2.75) is 5.85 Å². The molecule has 0 aromatic rings. The maximum atomic E-state index is 10.1. The van der Waals surface area contributed by atoms with Crippen LogP contribution < -0.4 is 0 Å². The SMILES string of the molecule is O=P(O)(O)CC(O)P(=O)(O)O.[NaH]. The third-order valence-corrected chi connectivity index (χ3v) is 2.86. The molecular formula is C2H9NaO7P2. The number of aliphatic hydroxyl groups excluding tert-OH is 1. The fraction of sp³-hybridized carbons (Fsp3) is 1.00. The van der Waals surface area contributed by atoms with Crippen molar-refractivity contribution in [2.24, 2.45) is 0 Å². The molecule has 1 unspecified atom stereocenters. The van der Waals surface area contributed by atoms with Crippen molar-refractivity contribution in [2.75, 3.05) is 6.16 Å². The second kappa shape index (κ2) is 5.22. The topological polar surface area (TPSA) is 135 Å². The molecule has 0 fully saturated rings. The van der Waals surface area contributed by atoms with Crippen LogP contribution in [0.1, 0.15) is 0 Å². The zero-order valence-electron chi connectivity index (χ0n) is 5.23. The third kappa shape index (κ3) is 7.89. The van der Waals surface area contributed by atoms with Crippen LogP contribution in [0.15, 0.2) is 0 Å². The van der Waals surface area contributed by atoms with Gasteiger partial charge in [-0.1, -0.05) is 0 Å². The first-order chi connectivity index (χ1) is 4.63. The van der Waals surface area contributed by atoms with E-state index in [0.29, 0.717) is 0 Å². The van der Waals surface area contributed by atoms with E-state index >= 15 is 0 Å². The molecule has 0 radical (unpaired) electrons. The van der Waals surface area contributed by atoms with Gasteiger partial charge in [-0.05, 0) is 0 Å². The summed E-state index contributed by atoms with van der Waals surface area (Å²) >= 11 is 0. The molecule has 10 heteroatoms. The molecule has 0 rings (SSSR count). The molecule has 0 heterocycles. The van der Waals surface area contributed by atoms with Gasteiger partial charge in [0.25, 0.3) is 0 Å². The van der Waals surface area contributed by atoms with Crippen LogP contribution in [0, 0.1) is 0 Å². The normalized spacial score (nSPS) is 15.1. The summed E-state index contributed by atoms with van der Waals surface area (Å²) in [4.78, 5) is 32.7.